The number of thiazole rings is 1. The summed E-state index contributed by atoms with van der Waals surface area (Å²) in [5.74, 6) is 0.0804. The Morgan fingerprint density at radius 3 is 2.57 bits per heavy atom. The molecular formula is C17H24ClN3OS. The lowest BCUT2D eigenvalue weighted by Gasteiger charge is -2.17. The van der Waals surface area contributed by atoms with Gasteiger partial charge in [-0.1, -0.05) is 43.2 Å². The average molecular weight is 354 g/mol. The molecule has 1 heterocycles. The van der Waals surface area contributed by atoms with Gasteiger partial charge in [0.25, 0.3) is 0 Å². The molecule has 2 aromatic rings. The van der Waals surface area contributed by atoms with Crippen LogP contribution in [0.15, 0.2) is 41.9 Å². The lowest BCUT2D eigenvalue weighted by molar-refractivity contribution is -0.121. The maximum Gasteiger partial charge on any atom is 0.220 e. The van der Waals surface area contributed by atoms with Gasteiger partial charge in [-0.25, -0.2) is 4.98 Å². The van der Waals surface area contributed by atoms with Crippen molar-refractivity contribution < 1.29 is 4.79 Å². The van der Waals surface area contributed by atoms with E-state index in [9.17, 15) is 4.79 Å². The minimum absolute atomic E-state index is 0. The van der Waals surface area contributed by atoms with Gasteiger partial charge < -0.3 is 11.1 Å². The van der Waals surface area contributed by atoms with Crippen LogP contribution in [0.1, 0.15) is 48.7 Å². The van der Waals surface area contributed by atoms with Crippen LogP contribution >= 0.6 is 23.7 Å². The number of rotatable bonds is 9. The van der Waals surface area contributed by atoms with Crippen LogP contribution in [0.3, 0.4) is 0 Å². The standard InChI is InChI=1S/C17H23N3OS.ClH/c18-11-7-2-1-6-10-15(21)20-16(17-19-12-13-22-17)14-8-4-3-5-9-14;/h3-5,8-9,12-13,16H,1-2,6-7,10-11,18H2,(H,20,21);1H. The molecule has 0 aliphatic rings. The topological polar surface area (TPSA) is 68.0 Å². The molecule has 0 fully saturated rings. The number of nitrogens with zero attached hydrogens (tertiary/aromatic N) is 1. The number of unbranched alkanes of at least 4 members (excludes halogenated alkanes) is 3. The second-order valence-corrected chi connectivity index (χ2v) is 6.16. The molecule has 126 valence electrons. The molecule has 0 saturated carbocycles. The first-order chi connectivity index (χ1) is 10.8. The Hall–Kier alpha value is -1.43. The number of carbonyl (C=O) groups excluding carboxylic acids is 1. The van der Waals surface area contributed by atoms with Gasteiger partial charge in [0.05, 0.1) is 0 Å². The largest absolute Gasteiger partial charge is 0.343 e. The van der Waals surface area contributed by atoms with E-state index in [4.69, 9.17) is 5.73 Å². The van der Waals surface area contributed by atoms with Crippen LogP contribution in [-0.4, -0.2) is 17.4 Å². The van der Waals surface area contributed by atoms with Crippen molar-refractivity contribution in [1.82, 2.24) is 10.3 Å². The third kappa shape index (κ3) is 6.69. The van der Waals surface area contributed by atoms with E-state index in [1.165, 1.54) is 0 Å². The zero-order chi connectivity index (χ0) is 15.6. The number of hydrogen-bond acceptors (Lipinski definition) is 4. The van der Waals surface area contributed by atoms with Crippen LogP contribution in [0.25, 0.3) is 0 Å². The fourth-order valence-corrected chi connectivity index (χ4v) is 3.04. The van der Waals surface area contributed by atoms with Crippen molar-refractivity contribution in [3.63, 3.8) is 0 Å². The first kappa shape index (κ1) is 19.6. The summed E-state index contributed by atoms with van der Waals surface area (Å²) >= 11 is 1.56. The molecule has 1 atom stereocenters. The highest BCUT2D eigenvalue weighted by atomic mass is 35.5. The van der Waals surface area contributed by atoms with Crippen LogP contribution in [0, 0.1) is 0 Å². The Kier molecular flexibility index (Phi) is 9.52. The van der Waals surface area contributed by atoms with E-state index in [1.54, 1.807) is 17.5 Å². The highest BCUT2D eigenvalue weighted by molar-refractivity contribution is 7.09. The zero-order valence-electron chi connectivity index (χ0n) is 13.1. The monoisotopic (exact) mass is 353 g/mol. The summed E-state index contributed by atoms with van der Waals surface area (Å²) in [5, 5.41) is 5.96. The van der Waals surface area contributed by atoms with E-state index in [0.29, 0.717) is 6.42 Å². The molecular weight excluding hydrogens is 330 g/mol. The maximum absolute atomic E-state index is 12.2. The predicted octanol–water partition coefficient (Wildman–Crippen LogP) is 3.68. The van der Waals surface area contributed by atoms with Gasteiger partial charge in [0.2, 0.25) is 5.91 Å². The van der Waals surface area contributed by atoms with Crippen LogP contribution in [0.4, 0.5) is 0 Å². The minimum atomic E-state index is -0.155. The van der Waals surface area contributed by atoms with E-state index < -0.39 is 0 Å². The zero-order valence-corrected chi connectivity index (χ0v) is 14.7. The number of benzene rings is 1. The van der Waals surface area contributed by atoms with Crippen molar-refractivity contribution in [2.45, 2.75) is 38.1 Å². The third-order valence-corrected chi connectivity index (χ3v) is 4.33. The van der Waals surface area contributed by atoms with Gasteiger partial charge in [-0.15, -0.1) is 23.7 Å². The second kappa shape index (κ2) is 11.2. The van der Waals surface area contributed by atoms with Crippen molar-refractivity contribution in [2.24, 2.45) is 5.73 Å². The Balaban J connectivity index is 0.00000264. The third-order valence-electron chi connectivity index (χ3n) is 3.49. The van der Waals surface area contributed by atoms with Crippen molar-refractivity contribution in [3.8, 4) is 0 Å². The molecule has 0 saturated heterocycles. The number of aromatic nitrogens is 1. The van der Waals surface area contributed by atoms with Crippen molar-refractivity contribution in [2.75, 3.05) is 6.54 Å². The average Bonchev–Trinajstić information content (AvgIpc) is 3.07. The summed E-state index contributed by atoms with van der Waals surface area (Å²) in [6.45, 7) is 0.728. The molecule has 2 rings (SSSR count). The molecule has 1 aromatic carbocycles. The van der Waals surface area contributed by atoms with Gasteiger partial charge in [-0.3, -0.25) is 4.79 Å². The quantitative estimate of drug-likeness (QED) is 0.676. The summed E-state index contributed by atoms with van der Waals surface area (Å²) in [5.41, 5.74) is 6.53. The van der Waals surface area contributed by atoms with E-state index >= 15 is 0 Å². The smallest absolute Gasteiger partial charge is 0.220 e. The SMILES string of the molecule is Cl.NCCCCCCC(=O)NC(c1ccccc1)c1nccs1. The predicted molar refractivity (Wildman–Crippen MR) is 97.9 cm³/mol. The summed E-state index contributed by atoms with van der Waals surface area (Å²) in [4.78, 5) is 16.6. The minimum Gasteiger partial charge on any atom is -0.343 e. The lowest BCUT2D eigenvalue weighted by Crippen LogP contribution is -2.29. The van der Waals surface area contributed by atoms with Crippen molar-refractivity contribution in [1.29, 1.82) is 0 Å². The Morgan fingerprint density at radius 1 is 1.17 bits per heavy atom. The van der Waals surface area contributed by atoms with Gasteiger partial charge in [0, 0.05) is 18.0 Å². The van der Waals surface area contributed by atoms with Gasteiger partial charge >= 0.3 is 0 Å². The number of nitrogens with one attached hydrogen (secondary N) is 1. The molecule has 0 spiro atoms. The summed E-state index contributed by atoms with van der Waals surface area (Å²) in [7, 11) is 0. The highest BCUT2D eigenvalue weighted by Crippen LogP contribution is 2.23. The number of carbonyl (C=O) groups is 1. The van der Waals surface area contributed by atoms with Gasteiger partial charge in [-0.05, 0) is 24.9 Å². The Labute approximate surface area is 147 Å². The summed E-state index contributed by atoms with van der Waals surface area (Å²) < 4.78 is 0. The molecule has 0 radical (unpaired) electrons. The van der Waals surface area contributed by atoms with Gasteiger partial charge in [0.1, 0.15) is 11.0 Å². The molecule has 6 heteroatoms. The van der Waals surface area contributed by atoms with E-state index in [-0.39, 0.29) is 24.4 Å². The van der Waals surface area contributed by atoms with Crippen molar-refractivity contribution >= 4 is 29.7 Å². The molecule has 1 unspecified atom stereocenters. The first-order valence-electron chi connectivity index (χ1n) is 7.75. The van der Waals surface area contributed by atoms with E-state index in [1.807, 2.05) is 35.7 Å². The number of halogens is 1. The lowest BCUT2D eigenvalue weighted by atomic mass is 10.1. The molecule has 3 N–H and O–H groups in total. The molecule has 1 aromatic heterocycles. The molecule has 23 heavy (non-hydrogen) atoms. The number of hydrogen-bond donors (Lipinski definition) is 2. The molecule has 1 amide bonds. The fourth-order valence-electron chi connectivity index (χ4n) is 2.33. The summed E-state index contributed by atoms with van der Waals surface area (Å²) in [6, 6.07) is 9.82. The van der Waals surface area contributed by atoms with Crippen LogP contribution < -0.4 is 11.1 Å². The Bertz CT molecular complexity index is 548. The van der Waals surface area contributed by atoms with Crippen LogP contribution in [0.5, 0.6) is 0 Å². The normalized spacial score (nSPS) is 11.5. The first-order valence-corrected chi connectivity index (χ1v) is 8.63. The molecule has 0 aliphatic heterocycles. The number of nitrogens with two attached hydrogens (primary N) is 1. The molecule has 0 bridgehead atoms. The van der Waals surface area contributed by atoms with Crippen molar-refractivity contribution in [3.05, 3.63) is 52.5 Å². The molecule has 4 nitrogen and oxygen atoms in total. The Morgan fingerprint density at radius 2 is 1.91 bits per heavy atom. The molecule has 0 aliphatic carbocycles. The van der Waals surface area contributed by atoms with Gasteiger partial charge in [0.15, 0.2) is 0 Å². The second-order valence-electron chi connectivity index (χ2n) is 5.23. The van der Waals surface area contributed by atoms with E-state index in [0.717, 1.165) is 42.8 Å². The summed E-state index contributed by atoms with van der Waals surface area (Å²) in [6.07, 6.45) is 6.42. The van der Waals surface area contributed by atoms with E-state index in [2.05, 4.69) is 10.3 Å². The van der Waals surface area contributed by atoms with Gasteiger partial charge in [-0.2, -0.15) is 0 Å². The van der Waals surface area contributed by atoms with Crippen LogP contribution in [-0.2, 0) is 4.79 Å². The maximum atomic E-state index is 12.2. The fraction of sp³-hybridized carbons (Fsp3) is 0.412. The van der Waals surface area contributed by atoms with Crippen LogP contribution in [0.2, 0.25) is 0 Å². The highest BCUT2D eigenvalue weighted by Gasteiger charge is 2.18. The number of amides is 1.